The molecule has 1 aliphatic heterocycles. The largest absolute Gasteiger partial charge is 0.435 e. The van der Waals surface area contributed by atoms with E-state index in [1.54, 1.807) is 16.2 Å². The van der Waals surface area contributed by atoms with Gasteiger partial charge in [0, 0.05) is 37.1 Å². The molecule has 0 radical (unpaired) electrons. The van der Waals surface area contributed by atoms with Crippen LogP contribution in [0.1, 0.15) is 70.9 Å². The molecule has 11 heteroatoms. The molecule has 1 atom stereocenters. The van der Waals surface area contributed by atoms with Crippen LogP contribution in [0.25, 0.3) is 0 Å². The molecule has 5 rings (SSSR count). The topological polar surface area (TPSA) is 71.3 Å². The van der Waals surface area contributed by atoms with Gasteiger partial charge in [-0.25, -0.2) is 4.98 Å². The Bertz CT molecular complexity index is 1340. The zero-order valence-corrected chi connectivity index (χ0v) is 22.9. The smallest absolute Gasteiger partial charge is 0.341 e. The quantitative estimate of drug-likeness (QED) is 0.419. The number of thiazole rings is 1. The van der Waals surface area contributed by atoms with Gasteiger partial charge in [-0.3, -0.25) is 14.3 Å². The zero-order valence-electron chi connectivity index (χ0n) is 22.1. The third-order valence-corrected chi connectivity index (χ3v) is 8.91. The van der Waals surface area contributed by atoms with E-state index in [4.69, 9.17) is 4.98 Å². The van der Waals surface area contributed by atoms with E-state index < -0.39 is 11.9 Å². The number of carbonyl (C=O) groups excluding carboxylic acids is 2. The number of likely N-dealkylation sites (tertiary alicyclic amines) is 1. The Hall–Kier alpha value is -3.21. The van der Waals surface area contributed by atoms with Crippen LogP contribution in [0.15, 0.2) is 35.7 Å². The van der Waals surface area contributed by atoms with Gasteiger partial charge >= 0.3 is 6.18 Å². The van der Waals surface area contributed by atoms with Crippen molar-refractivity contribution in [2.24, 2.45) is 0 Å². The van der Waals surface area contributed by atoms with Crippen LogP contribution in [0, 0.1) is 6.92 Å². The minimum Gasteiger partial charge on any atom is -0.341 e. The minimum absolute atomic E-state index is 0.0524. The van der Waals surface area contributed by atoms with Crippen molar-refractivity contribution < 1.29 is 22.8 Å². The molecule has 2 aliphatic rings. The Morgan fingerprint density at radius 2 is 1.90 bits per heavy atom. The number of fused-ring (bicyclic) bond motifs is 1. The molecule has 0 spiro atoms. The monoisotopic (exact) mass is 559 g/mol. The molecule has 2 aromatic heterocycles. The molecule has 1 fully saturated rings. The number of benzene rings is 1. The van der Waals surface area contributed by atoms with Crippen LogP contribution in [0.3, 0.4) is 0 Å². The van der Waals surface area contributed by atoms with E-state index in [9.17, 15) is 22.8 Å². The number of rotatable bonds is 6. The van der Waals surface area contributed by atoms with Gasteiger partial charge in [0.05, 0.1) is 23.2 Å². The van der Waals surface area contributed by atoms with E-state index in [1.807, 2.05) is 29.5 Å². The van der Waals surface area contributed by atoms with Crippen molar-refractivity contribution in [1.29, 1.82) is 0 Å². The van der Waals surface area contributed by atoms with Gasteiger partial charge in [0.2, 0.25) is 11.8 Å². The van der Waals surface area contributed by atoms with Gasteiger partial charge < -0.3 is 9.80 Å². The zero-order chi connectivity index (χ0) is 27.7. The highest BCUT2D eigenvalue weighted by Gasteiger charge is 2.35. The second kappa shape index (κ2) is 11.1. The molecule has 1 aromatic carbocycles. The van der Waals surface area contributed by atoms with Crippen LogP contribution in [0.5, 0.6) is 0 Å². The summed E-state index contributed by atoms with van der Waals surface area (Å²) in [4.78, 5) is 34.2. The molecule has 1 aliphatic carbocycles. The third-order valence-electron chi connectivity index (χ3n) is 7.85. The molecular formula is C28H32F3N5O2S. The predicted octanol–water partition coefficient (Wildman–Crippen LogP) is 5.15. The maximum atomic E-state index is 13.1. The van der Waals surface area contributed by atoms with Gasteiger partial charge in [-0.15, -0.1) is 11.3 Å². The number of nitrogens with zero attached hydrogens (tertiary/aromatic N) is 5. The molecule has 3 aromatic rings. The normalized spacial score (nSPS) is 18.2. The van der Waals surface area contributed by atoms with Crippen LogP contribution in [-0.2, 0) is 35.2 Å². The molecule has 39 heavy (non-hydrogen) atoms. The summed E-state index contributed by atoms with van der Waals surface area (Å²) < 4.78 is 39.9. The Labute approximate surface area is 229 Å². The lowest BCUT2D eigenvalue weighted by atomic mass is 9.87. The number of hydrogen-bond donors (Lipinski definition) is 0. The Balaban J connectivity index is 1.14. The SMILES string of the molecule is Cc1cc(C(F)(F)F)nn1CC(=O)N1CCC(c2nc(CC(=O)N(C)[C@H]3CCCc4ccccc43)cs2)CC1. The number of aryl methyl sites for hydroxylation is 2. The van der Waals surface area contributed by atoms with Crippen LogP contribution < -0.4 is 0 Å². The van der Waals surface area contributed by atoms with Crippen molar-refractivity contribution in [3.8, 4) is 0 Å². The van der Waals surface area contributed by atoms with Crippen LogP contribution >= 0.6 is 11.3 Å². The second-order valence-corrected chi connectivity index (χ2v) is 11.3. The number of amides is 2. The molecule has 7 nitrogen and oxygen atoms in total. The molecule has 0 unspecified atom stereocenters. The number of carbonyl (C=O) groups is 2. The number of alkyl halides is 3. The lowest BCUT2D eigenvalue weighted by Crippen LogP contribution is -2.40. The van der Waals surface area contributed by atoms with Crippen molar-refractivity contribution in [3.05, 3.63) is 68.9 Å². The number of piperidine rings is 1. The summed E-state index contributed by atoms with van der Waals surface area (Å²) in [6, 6.07) is 9.39. The van der Waals surface area contributed by atoms with Gasteiger partial charge in [0.15, 0.2) is 5.69 Å². The average Bonchev–Trinajstić information content (AvgIpc) is 3.54. The lowest BCUT2D eigenvalue weighted by molar-refractivity contribution is -0.142. The molecule has 0 bridgehead atoms. The summed E-state index contributed by atoms with van der Waals surface area (Å²) in [6.07, 6.45) is 0.238. The first-order valence-corrected chi connectivity index (χ1v) is 14.2. The average molecular weight is 560 g/mol. The highest BCUT2D eigenvalue weighted by molar-refractivity contribution is 7.09. The number of aromatic nitrogens is 3. The van der Waals surface area contributed by atoms with E-state index in [1.165, 1.54) is 18.1 Å². The first-order chi connectivity index (χ1) is 18.6. The summed E-state index contributed by atoms with van der Waals surface area (Å²) >= 11 is 1.55. The molecule has 0 N–H and O–H groups in total. The number of likely N-dealkylation sites (N-methyl/N-ethyl adjacent to an activating group) is 1. The fourth-order valence-electron chi connectivity index (χ4n) is 5.59. The summed E-state index contributed by atoms with van der Waals surface area (Å²) in [5.74, 6) is -0.00295. The van der Waals surface area contributed by atoms with Gasteiger partial charge in [0.25, 0.3) is 0 Å². The number of hydrogen-bond acceptors (Lipinski definition) is 5. The third kappa shape index (κ3) is 6.03. The summed E-state index contributed by atoms with van der Waals surface area (Å²) in [6.45, 7) is 2.31. The Kier molecular flexibility index (Phi) is 7.80. The highest BCUT2D eigenvalue weighted by Crippen LogP contribution is 2.35. The molecule has 2 amide bonds. The fraction of sp³-hybridized carbons (Fsp3) is 0.500. The Morgan fingerprint density at radius 3 is 2.62 bits per heavy atom. The Morgan fingerprint density at radius 1 is 1.15 bits per heavy atom. The molecule has 3 heterocycles. The van der Waals surface area contributed by atoms with Crippen molar-refractivity contribution in [2.45, 2.75) is 70.1 Å². The van der Waals surface area contributed by atoms with Gasteiger partial charge in [-0.1, -0.05) is 24.3 Å². The van der Waals surface area contributed by atoms with E-state index in [-0.39, 0.29) is 36.7 Å². The van der Waals surface area contributed by atoms with Crippen molar-refractivity contribution >= 4 is 23.2 Å². The molecule has 1 saturated heterocycles. The van der Waals surface area contributed by atoms with E-state index in [0.29, 0.717) is 18.8 Å². The first-order valence-electron chi connectivity index (χ1n) is 13.3. The molecule has 0 saturated carbocycles. The van der Waals surface area contributed by atoms with Crippen molar-refractivity contribution in [3.63, 3.8) is 0 Å². The van der Waals surface area contributed by atoms with Gasteiger partial charge in [0.1, 0.15) is 6.54 Å². The van der Waals surface area contributed by atoms with Crippen LogP contribution in [0.2, 0.25) is 0 Å². The van der Waals surface area contributed by atoms with Gasteiger partial charge in [-0.05, 0) is 56.2 Å². The summed E-state index contributed by atoms with van der Waals surface area (Å²) in [5.41, 5.74) is 2.64. The van der Waals surface area contributed by atoms with Gasteiger partial charge in [-0.2, -0.15) is 18.3 Å². The van der Waals surface area contributed by atoms with E-state index in [2.05, 4.69) is 17.2 Å². The standard InChI is InChI=1S/C28H32F3N5O2S/c1-18-14-24(28(29,30)31)33-36(18)16-26(38)35-12-10-20(11-13-35)27-32-21(17-39-27)15-25(37)34(2)23-9-5-7-19-6-3-4-8-22(19)23/h3-4,6,8,14,17,20,23H,5,7,9-13,15-16H2,1-2H3/t23-/m0/s1. The first kappa shape index (κ1) is 27.4. The molecular weight excluding hydrogens is 527 g/mol. The van der Waals surface area contributed by atoms with E-state index >= 15 is 0 Å². The summed E-state index contributed by atoms with van der Waals surface area (Å²) in [7, 11) is 1.88. The molecule has 208 valence electrons. The highest BCUT2D eigenvalue weighted by atomic mass is 32.1. The maximum Gasteiger partial charge on any atom is 0.435 e. The van der Waals surface area contributed by atoms with Crippen molar-refractivity contribution in [2.75, 3.05) is 20.1 Å². The van der Waals surface area contributed by atoms with Crippen LogP contribution in [0.4, 0.5) is 13.2 Å². The lowest BCUT2D eigenvalue weighted by Gasteiger charge is -2.33. The van der Waals surface area contributed by atoms with Crippen LogP contribution in [-0.4, -0.2) is 56.5 Å². The predicted molar refractivity (Wildman–Crippen MR) is 141 cm³/mol. The maximum absolute atomic E-state index is 13.1. The van der Waals surface area contributed by atoms with E-state index in [0.717, 1.165) is 53.6 Å². The summed E-state index contributed by atoms with van der Waals surface area (Å²) in [5, 5.41) is 6.48. The fourth-order valence-corrected chi connectivity index (χ4v) is 6.58. The second-order valence-electron chi connectivity index (χ2n) is 10.4. The van der Waals surface area contributed by atoms with Crippen molar-refractivity contribution in [1.82, 2.24) is 24.6 Å². The number of halogens is 3. The minimum atomic E-state index is -4.54.